The predicted octanol–water partition coefficient (Wildman–Crippen LogP) is 0.666. The Kier molecular flexibility index (Phi) is 3.03. The van der Waals surface area contributed by atoms with Crippen LogP contribution in [-0.2, 0) is 5.60 Å². The number of nitrogens with two attached hydrogens (primary N) is 1. The van der Waals surface area contributed by atoms with Crippen molar-refractivity contribution < 1.29 is 5.11 Å². The van der Waals surface area contributed by atoms with Crippen LogP contribution in [0.1, 0.15) is 18.1 Å². The van der Waals surface area contributed by atoms with Gasteiger partial charge in [-0.1, -0.05) is 24.3 Å². The Labute approximate surface area is 78.5 Å². The van der Waals surface area contributed by atoms with Gasteiger partial charge in [0.2, 0.25) is 0 Å². The van der Waals surface area contributed by atoms with Crippen molar-refractivity contribution in [2.75, 3.05) is 6.54 Å². The van der Waals surface area contributed by atoms with Gasteiger partial charge in [0.25, 0.3) is 0 Å². The third kappa shape index (κ3) is 2.28. The van der Waals surface area contributed by atoms with Crippen molar-refractivity contribution in [2.45, 2.75) is 19.4 Å². The first-order valence-electron chi connectivity index (χ1n) is 4.30. The Balaban J connectivity index is 2.99. The molecule has 0 radical (unpaired) electrons. The number of rotatable bonds is 3. The van der Waals surface area contributed by atoms with Gasteiger partial charge in [0, 0.05) is 6.54 Å². The van der Waals surface area contributed by atoms with E-state index in [0.29, 0.717) is 6.54 Å². The molecule has 1 atom stereocenters. The van der Waals surface area contributed by atoms with Crippen molar-refractivity contribution in [3.63, 3.8) is 0 Å². The van der Waals surface area contributed by atoms with Crippen molar-refractivity contribution in [2.24, 2.45) is 5.84 Å². The maximum atomic E-state index is 10.0. The molecule has 0 saturated heterocycles. The maximum absolute atomic E-state index is 10.0. The molecule has 1 aromatic rings. The van der Waals surface area contributed by atoms with Gasteiger partial charge in [0.1, 0.15) is 5.60 Å². The van der Waals surface area contributed by atoms with Crippen LogP contribution in [0.15, 0.2) is 24.3 Å². The molecule has 0 aliphatic carbocycles. The third-order valence-electron chi connectivity index (χ3n) is 2.17. The number of hydrogen-bond acceptors (Lipinski definition) is 3. The molecular weight excluding hydrogens is 164 g/mol. The molecule has 0 bridgehead atoms. The SMILES string of the molecule is Cc1ccccc1C(C)(O)CNN. The fourth-order valence-electron chi connectivity index (χ4n) is 1.47. The molecule has 0 aromatic heterocycles. The lowest BCUT2D eigenvalue weighted by Crippen LogP contribution is -2.39. The first kappa shape index (κ1) is 10.2. The summed E-state index contributed by atoms with van der Waals surface area (Å²) < 4.78 is 0. The summed E-state index contributed by atoms with van der Waals surface area (Å²) in [5, 5.41) is 10.0. The molecule has 1 rings (SSSR count). The van der Waals surface area contributed by atoms with Gasteiger partial charge in [-0.2, -0.15) is 0 Å². The van der Waals surface area contributed by atoms with Gasteiger partial charge < -0.3 is 5.11 Å². The topological polar surface area (TPSA) is 58.3 Å². The number of hydrazine groups is 1. The van der Waals surface area contributed by atoms with Crippen LogP contribution >= 0.6 is 0 Å². The molecule has 3 heteroatoms. The minimum atomic E-state index is -0.903. The van der Waals surface area contributed by atoms with Crippen molar-refractivity contribution in [1.82, 2.24) is 5.43 Å². The van der Waals surface area contributed by atoms with E-state index in [1.54, 1.807) is 6.92 Å². The summed E-state index contributed by atoms with van der Waals surface area (Å²) in [6, 6.07) is 7.74. The second-order valence-electron chi connectivity index (χ2n) is 3.47. The first-order valence-corrected chi connectivity index (χ1v) is 4.30. The summed E-state index contributed by atoms with van der Waals surface area (Å²) in [5.74, 6) is 5.19. The van der Waals surface area contributed by atoms with Crippen LogP contribution in [0.5, 0.6) is 0 Å². The van der Waals surface area contributed by atoms with E-state index in [-0.39, 0.29) is 0 Å². The fourth-order valence-corrected chi connectivity index (χ4v) is 1.47. The van der Waals surface area contributed by atoms with Crippen LogP contribution in [0.4, 0.5) is 0 Å². The third-order valence-corrected chi connectivity index (χ3v) is 2.17. The number of hydrogen-bond donors (Lipinski definition) is 3. The predicted molar refractivity (Wildman–Crippen MR) is 52.9 cm³/mol. The second kappa shape index (κ2) is 3.87. The molecular formula is C10H16N2O. The molecule has 4 N–H and O–H groups in total. The van der Waals surface area contributed by atoms with Gasteiger partial charge in [0.15, 0.2) is 0 Å². The number of aryl methyl sites for hydroxylation is 1. The number of nitrogens with one attached hydrogen (secondary N) is 1. The van der Waals surface area contributed by atoms with Gasteiger partial charge in [0.05, 0.1) is 0 Å². The minimum Gasteiger partial charge on any atom is -0.384 e. The van der Waals surface area contributed by atoms with Crippen LogP contribution in [0.2, 0.25) is 0 Å². The highest BCUT2D eigenvalue weighted by atomic mass is 16.3. The quantitative estimate of drug-likeness (QED) is 0.473. The van der Waals surface area contributed by atoms with E-state index in [9.17, 15) is 5.11 Å². The van der Waals surface area contributed by atoms with E-state index in [0.717, 1.165) is 11.1 Å². The van der Waals surface area contributed by atoms with E-state index in [1.807, 2.05) is 31.2 Å². The Hall–Kier alpha value is -0.900. The molecule has 0 spiro atoms. The van der Waals surface area contributed by atoms with E-state index in [2.05, 4.69) is 5.43 Å². The lowest BCUT2D eigenvalue weighted by Gasteiger charge is -2.24. The monoisotopic (exact) mass is 180 g/mol. The second-order valence-corrected chi connectivity index (χ2v) is 3.47. The van der Waals surface area contributed by atoms with Crippen LogP contribution in [0.3, 0.4) is 0 Å². The van der Waals surface area contributed by atoms with E-state index in [4.69, 9.17) is 5.84 Å². The molecule has 1 unspecified atom stereocenters. The Morgan fingerprint density at radius 2 is 2.08 bits per heavy atom. The van der Waals surface area contributed by atoms with Crippen molar-refractivity contribution >= 4 is 0 Å². The summed E-state index contributed by atoms with van der Waals surface area (Å²) in [7, 11) is 0. The molecule has 0 fully saturated rings. The number of aliphatic hydroxyl groups is 1. The Bertz CT molecular complexity index is 284. The molecule has 0 aliphatic rings. The molecule has 0 aliphatic heterocycles. The zero-order valence-electron chi connectivity index (χ0n) is 8.04. The van der Waals surface area contributed by atoms with Gasteiger partial charge in [-0.3, -0.25) is 11.3 Å². The van der Waals surface area contributed by atoms with Crippen molar-refractivity contribution in [3.8, 4) is 0 Å². The molecule has 3 nitrogen and oxygen atoms in total. The van der Waals surface area contributed by atoms with E-state index >= 15 is 0 Å². The zero-order chi connectivity index (χ0) is 9.90. The number of benzene rings is 1. The molecule has 13 heavy (non-hydrogen) atoms. The maximum Gasteiger partial charge on any atom is 0.101 e. The zero-order valence-corrected chi connectivity index (χ0v) is 8.04. The van der Waals surface area contributed by atoms with Crippen molar-refractivity contribution in [3.05, 3.63) is 35.4 Å². The molecule has 0 amide bonds. The summed E-state index contributed by atoms with van der Waals surface area (Å²) in [6.07, 6.45) is 0. The Morgan fingerprint density at radius 1 is 1.46 bits per heavy atom. The van der Waals surface area contributed by atoms with Gasteiger partial charge >= 0.3 is 0 Å². The average molecular weight is 180 g/mol. The molecule has 0 heterocycles. The smallest absolute Gasteiger partial charge is 0.101 e. The molecule has 1 aromatic carbocycles. The van der Waals surface area contributed by atoms with Crippen molar-refractivity contribution in [1.29, 1.82) is 0 Å². The largest absolute Gasteiger partial charge is 0.384 e. The van der Waals surface area contributed by atoms with Gasteiger partial charge in [-0.25, -0.2) is 0 Å². The highest BCUT2D eigenvalue weighted by molar-refractivity contribution is 5.30. The molecule has 72 valence electrons. The van der Waals surface area contributed by atoms with E-state index in [1.165, 1.54) is 0 Å². The highest BCUT2D eigenvalue weighted by Gasteiger charge is 2.23. The lowest BCUT2D eigenvalue weighted by molar-refractivity contribution is 0.0566. The van der Waals surface area contributed by atoms with Gasteiger partial charge in [-0.05, 0) is 25.0 Å². The van der Waals surface area contributed by atoms with E-state index < -0.39 is 5.60 Å². The fraction of sp³-hybridized carbons (Fsp3) is 0.400. The first-order chi connectivity index (χ1) is 6.08. The lowest BCUT2D eigenvalue weighted by atomic mass is 9.92. The van der Waals surface area contributed by atoms with Gasteiger partial charge in [-0.15, -0.1) is 0 Å². The Morgan fingerprint density at radius 3 is 2.62 bits per heavy atom. The standard InChI is InChI=1S/C10H16N2O/c1-8-5-3-4-6-9(8)10(2,13)7-12-11/h3-6,12-13H,7,11H2,1-2H3. The van der Waals surface area contributed by atoms with Crippen LogP contribution in [0.25, 0.3) is 0 Å². The normalized spacial score (nSPS) is 15.4. The van der Waals surface area contributed by atoms with Crippen LogP contribution in [0, 0.1) is 6.92 Å². The minimum absolute atomic E-state index is 0.345. The average Bonchev–Trinajstić information content (AvgIpc) is 2.04. The van der Waals surface area contributed by atoms with Crippen LogP contribution < -0.4 is 11.3 Å². The highest BCUT2D eigenvalue weighted by Crippen LogP contribution is 2.22. The summed E-state index contributed by atoms with van der Waals surface area (Å²) >= 11 is 0. The summed E-state index contributed by atoms with van der Waals surface area (Å²) in [5.41, 5.74) is 3.56. The summed E-state index contributed by atoms with van der Waals surface area (Å²) in [4.78, 5) is 0. The molecule has 0 saturated carbocycles. The summed E-state index contributed by atoms with van der Waals surface area (Å²) in [6.45, 7) is 4.06. The van der Waals surface area contributed by atoms with Crippen LogP contribution in [-0.4, -0.2) is 11.7 Å².